The van der Waals surface area contributed by atoms with E-state index in [-0.39, 0.29) is 48.2 Å². The van der Waals surface area contributed by atoms with Crippen molar-refractivity contribution in [3.8, 4) is 16.9 Å². The topological polar surface area (TPSA) is 143 Å². The molecule has 192 valence electrons. The Bertz CT molecular complexity index is 1370. The van der Waals surface area contributed by atoms with Crippen LogP contribution in [0, 0.1) is 16.0 Å². The number of aliphatic hydroxyl groups is 1. The first kappa shape index (κ1) is 25.6. The normalized spacial score (nSPS) is 12.9. The zero-order valence-corrected chi connectivity index (χ0v) is 20.7. The third kappa shape index (κ3) is 5.54. The van der Waals surface area contributed by atoms with Gasteiger partial charge in [0.25, 0.3) is 5.91 Å². The number of carbonyl (C=O) groups excluding carboxylic acids is 2. The number of methoxy groups -OCH3 is 1. The molecule has 1 atom stereocenters. The predicted octanol–water partition coefficient (Wildman–Crippen LogP) is 4.26. The lowest BCUT2D eigenvalue weighted by atomic mass is 10.0. The molecule has 0 saturated carbocycles. The molecule has 0 fully saturated rings. The van der Waals surface area contributed by atoms with Crippen LogP contribution in [0.4, 0.5) is 22.7 Å². The number of benzene rings is 3. The van der Waals surface area contributed by atoms with Crippen LogP contribution < -0.4 is 20.7 Å². The van der Waals surface area contributed by atoms with Crippen LogP contribution in [-0.4, -0.2) is 41.6 Å². The fourth-order valence-electron chi connectivity index (χ4n) is 4.15. The van der Waals surface area contributed by atoms with Gasteiger partial charge in [-0.2, -0.15) is 0 Å². The number of anilines is 3. The first-order valence-electron chi connectivity index (χ1n) is 11.8. The van der Waals surface area contributed by atoms with E-state index in [4.69, 9.17) is 4.74 Å². The third-order valence-electron chi connectivity index (χ3n) is 6.29. The number of amides is 2. The van der Waals surface area contributed by atoms with Gasteiger partial charge in [0.05, 0.1) is 53.7 Å². The molecule has 4 rings (SSSR count). The Morgan fingerprint density at radius 2 is 1.76 bits per heavy atom. The van der Waals surface area contributed by atoms with Gasteiger partial charge in [-0.3, -0.25) is 19.7 Å². The predicted molar refractivity (Wildman–Crippen MR) is 140 cm³/mol. The Balaban J connectivity index is 1.62. The van der Waals surface area contributed by atoms with Crippen molar-refractivity contribution in [1.82, 2.24) is 5.32 Å². The molecule has 0 radical (unpaired) electrons. The summed E-state index contributed by atoms with van der Waals surface area (Å²) < 4.78 is 5.19. The first-order chi connectivity index (χ1) is 17.7. The van der Waals surface area contributed by atoms with Gasteiger partial charge in [0, 0.05) is 6.07 Å². The van der Waals surface area contributed by atoms with Crippen LogP contribution in [-0.2, 0) is 11.2 Å². The molecular weight excluding hydrogens is 476 g/mol. The summed E-state index contributed by atoms with van der Waals surface area (Å²) in [5.74, 6) is -0.265. The molecule has 0 spiro atoms. The van der Waals surface area contributed by atoms with Crippen LogP contribution in [0.25, 0.3) is 11.1 Å². The maximum absolute atomic E-state index is 12.9. The van der Waals surface area contributed by atoms with Gasteiger partial charge < -0.3 is 25.8 Å². The zero-order chi connectivity index (χ0) is 26.7. The summed E-state index contributed by atoms with van der Waals surface area (Å²) in [6.45, 7) is 3.71. The van der Waals surface area contributed by atoms with E-state index < -0.39 is 4.92 Å². The summed E-state index contributed by atoms with van der Waals surface area (Å²) in [6, 6.07) is 14.8. The summed E-state index contributed by atoms with van der Waals surface area (Å²) in [6.07, 6.45) is 0.113. The number of nitro groups is 1. The number of hydrogen-bond acceptors (Lipinski definition) is 7. The lowest BCUT2D eigenvalue weighted by Crippen LogP contribution is -2.41. The number of carbonyl (C=O) groups is 2. The minimum atomic E-state index is -0.507. The van der Waals surface area contributed by atoms with E-state index in [1.165, 1.54) is 13.2 Å². The average Bonchev–Trinajstić information content (AvgIpc) is 3.01. The number of aliphatic hydroxyl groups excluding tert-OH is 1. The second-order valence-electron chi connectivity index (χ2n) is 9.14. The molecule has 1 heterocycles. The first-order valence-corrected chi connectivity index (χ1v) is 11.8. The molecule has 10 heteroatoms. The Kier molecular flexibility index (Phi) is 7.40. The fourth-order valence-corrected chi connectivity index (χ4v) is 4.15. The van der Waals surface area contributed by atoms with E-state index in [9.17, 15) is 24.8 Å². The van der Waals surface area contributed by atoms with Crippen molar-refractivity contribution in [2.24, 2.45) is 5.92 Å². The Labute approximate surface area is 213 Å². The Hall–Kier alpha value is -4.44. The summed E-state index contributed by atoms with van der Waals surface area (Å²) in [5.41, 5.74) is 4.18. The summed E-state index contributed by atoms with van der Waals surface area (Å²) in [7, 11) is 1.37. The third-order valence-corrected chi connectivity index (χ3v) is 6.29. The molecule has 1 aliphatic rings. The van der Waals surface area contributed by atoms with Gasteiger partial charge in [0.1, 0.15) is 0 Å². The largest absolute Gasteiger partial charge is 0.490 e. The summed E-state index contributed by atoms with van der Waals surface area (Å²) in [4.78, 5) is 36.1. The van der Waals surface area contributed by atoms with Crippen molar-refractivity contribution in [1.29, 1.82) is 0 Å². The van der Waals surface area contributed by atoms with Gasteiger partial charge in [-0.25, -0.2) is 0 Å². The van der Waals surface area contributed by atoms with Crippen molar-refractivity contribution >= 4 is 34.6 Å². The van der Waals surface area contributed by atoms with Gasteiger partial charge in [-0.1, -0.05) is 26.0 Å². The number of rotatable bonds is 8. The number of hydrogen-bond donors (Lipinski definition) is 4. The second-order valence-corrected chi connectivity index (χ2v) is 9.14. The van der Waals surface area contributed by atoms with E-state index in [0.29, 0.717) is 28.2 Å². The molecule has 0 saturated heterocycles. The molecule has 0 bridgehead atoms. The van der Waals surface area contributed by atoms with E-state index in [0.717, 1.165) is 11.1 Å². The van der Waals surface area contributed by atoms with Crippen molar-refractivity contribution in [3.63, 3.8) is 0 Å². The lowest BCUT2D eigenvalue weighted by Gasteiger charge is -2.20. The highest BCUT2D eigenvalue weighted by atomic mass is 16.6. The highest BCUT2D eigenvalue weighted by molar-refractivity contribution is 6.12. The minimum Gasteiger partial charge on any atom is -0.490 e. The molecule has 1 aliphatic heterocycles. The smallest absolute Gasteiger partial charge is 0.310 e. The average molecular weight is 505 g/mol. The van der Waals surface area contributed by atoms with Crippen LogP contribution in [0.5, 0.6) is 5.75 Å². The van der Waals surface area contributed by atoms with Gasteiger partial charge >= 0.3 is 5.69 Å². The van der Waals surface area contributed by atoms with Gasteiger partial charge in [-0.15, -0.1) is 0 Å². The standard InChI is InChI=1S/C27H28N4O6/c1-15(2)23(14-32)29-26(33)11-16-4-8-20-22(10-16)28-21-12-17(5-7-19(21)27(34)30-20)18-6-9-24(31(35)36)25(13-18)37-3/h4-10,12-13,15,23,28,32H,11,14H2,1-3H3,(H,29,33)(H,30,34)/t23-/m0/s1. The van der Waals surface area contributed by atoms with Crippen LogP contribution in [0.3, 0.4) is 0 Å². The maximum Gasteiger partial charge on any atom is 0.310 e. The SMILES string of the molecule is COc1cc(-c2ccc3c(c2)Nc2cc(CC(=O)N[C@@H](CO)C(C)C)ccc2NC3=O)ccc1[N+](=O)[O-]. The van der Waals surface area contributed by atoms with Gasteiger partial charge in [0.15, 0.2) is 5.75 Å². The Morgan fingerprint density at radius 3 is 2.43 bits per heavy atom. The van der Waals surface area contributed by atoms with Crippen molar-refractivity contribution in [2.75, 3.05) is 24.4 Å². The van der Waals surface area contributed by atoms with Crippen molar-refractivity contribution < 1.29 is 24.4 Å². The molecule has 3 aromatic rings. The van der Waals surface area contributed by atoms with Crippen LogP contribution in [0.1, 0.15) is 29.8 Å². The maximum atomic E-state index is 12.9. The second kappa shape index (κ2) is 10.7. The van der Waals surface area contributed by atoms with Gasteiger partial charge in [0.2, 0.25) is 5.91 Å². The van der Waals surface area contributed by atoms with E-state index in [2.05, 4.69) is 16.0 Å². The van der Waals surface area contributed by atoms with Crippen molar-refractivity contribution in [3.05, 3.63) is 75.8 Å². The zero-order valence-electron chi connectivity index (χ0n) is 20.7. The molecule has 10 nitrogen and oxygen atoms in total. The molecule has 0 unspecified atom stereocenters. The number of fused-ring (bicyclic) bond motifs is 2. The van der Waals surface area contributed by atoms with E-state index in [1.54, 1.807) is 48.5 Å². The lowest BCUT2D eigenvalue weighted by molar-refractivity contribution is -0.385. The summed E-state index contributed by atoms with van der Waals surface area (Å²) in [5, 5.41) is 29.7. The molecule has 3 aromatic carbocycles. The molecule has 0 aliphatic carbocycles. The number of nitrogens with one attached hydrogen (secondary N) is 3. The van der Waals surface area contributed by atoms with Crippen LogP contribution >= 0.6 is 0 Å². The Morgan fingerprint density at radius 1 is 1.03 bits per heavy atom. The quantitative estimate of drug-likeness (QED) is 0.265. The monoisotopic (exact) mass is 504 g/mol. The molecular formula is C27H28N4O6. The highest BCUT2D eigenvalue weighted by Gasteiger charge is 2.22. The van der Waals surface area contributed by atoms with E-state index >= 15 is 0 Å². The van der Waals surface area contributed by atoms with Crippen molar-refractivity contribution in [2.45, 2.75) is 26.3 Å². The molecule has 2 amide bonds. The van der Waals surface area contributed by atoms with Crippen LogP contribution in [0.15, 0.2) is 54.6 Å². The van der Waals surface area contributed by atoms with Crippen LogP contribution in [0.2, 0.25) is 0 Å². The highest BCUT2D eigenvalue weighted by Crippen LogP contribution is 2.37. The summed E-state index contributed by atoms with van der Waals surface area (Å²) >= 11 is 0. The number of nitrogens with zero attached hydrogens (tertiary/aromatic N) is 1. The molecule has 37 heavy (non-hydrogen) atoms. The number of ether oxygens (including phenoxy) is 1. The minimum absolute atomic E-state index is 0.0966. The van der Waals surface area contributed by atoms with E-state index in [1.807, 2.05) is 13.8 Å². The number of nitro benzene ring substituents is 1. The fraction of sp³-hybridized carbons (Fsp3) is 0.259. The van der Waals surface area contributed by atoms with Gasteiger partial charge in [-0.05, 0) is 59.0 Å². The molecule has 0 aromatic heterocycles. The molecule has 4 N–H and O–H groups in total.